The molecule has 0 aliphatic heterocycles. The molecule has 0 aromatic heterocycles. The molecule has 0 radical (unpaired) electrons. The topological polar surface area (TPSA) is 26.3 Å². The van der Waals surface area contributed by atoms with Gasteiger partial charge in [-0.3, -0.25) is 0 Å². The molecule has 92 valence electrons. The molecule has 0 N–H and O–H groups in total. The minimum Gasteiger partial charge on any atom is -0.463 e. The first-order valence-corrected chi connectivity index (χ1v) is 4.96. The van der Waals surface area contributed by atoms with Crippen LogP contribution < -0.4 is 0 Å². The van der Waals surface area contributed by atoms with Crippen LogP contribution in [0.15, 0.2) is 36.4 Å². The smallest absolute Gasteiger partial charge is 0.417 e. The molecule has 0 heterocycles. The summed E-state index contributed by atoms with van der Waals surface area (Å²) in [5, 5.41) is 0. The van der Waals surface area contributed by atoms with E-state index in [-0.39, 0.29) is 12.2 Å². The number of ether oxygens (including phenoxy) is 1. The second-order valence-electron chi connectivity index (χ2n) is 3.17. The zero-order chi connectivity index (χ0) is 12.9. The van der Waals surface area contributed by atoms with Crippen LogP contribution in [-0.4, -0.2) is 18.8 Å². The fourth-order valence-electron chi connectivity index (χ4n) is 1.25. The average molecular weight is 244 g/mol. The zero-order valence-corrected chi connectivity index (χ0v) is 9.12. The second-order valence-corrected chi connectivity index (χ2v) is 3.17. The molecule has 0 saturated heterocycles. The minimum atomic E-state index is -4.59. The van der Waals surface area contributed by atoms with E-state index in [1.165, 1.54) is 31.2 Å². The van der Waals surface area contributed by atoms with Crippen LogP contribution in [0.25, 0.3) is 5.57 Å². The van der Waals surface area contributed by atoms with Crippen LogP contribution in [0.3, 0.4) is 0 Å². The highest BCUT2D eigenvalue weighted by atomic mass is 19.4. The van der Waals surface area contributed by atoms with Gasteiger partial charge in [-0.1, -0.05) is 30.3 Å². The standard InChI is InChI=1S/C12H11F3O2/c1-2-17-11(16)8-10(12(13,14)15)9-6-4-3-5-7-9/h3-8H,2H2,1H3/b10-8+. The van der Waals surface area contributed by atoms with E-state index in [1.807, 2.05) is 0 Å². The van der Waals surface area contributed by atoms with Gasteiger partial charge in [0, 0.05) is 6.08 Å². The summed E-state index contributed by atoms with van der Waals surface area (Å²) in [4.78, 5) is 11.1. The van der Waals surface area contributed by atoms with E-state index in [2.05, 4.69) is 4.74 Å². The summed E-state index contributed by atoms with van der Waals surface area (Å²) >= 11 is 0. The van der Waals surface area contributed by atoms with E-state index in [9.17, 15) is 18.0 Å². The lowest BCUT2D eigenvalue weighted by Gasteiger charge is -2.11. The van der Waals surface area contributed by atoms with E-state index in [4.69, 9.17) is 0 Å². The molecule has 1 aromatic carbocycles. The van der Waals surface area contributed by atoms with Crippen molar-refractivity contribution in [2.45, 2.75) is 13.1 Å². The molecule has 1 rings (SSSR count). The molecule has 0 bridgehead atoms. The van der Waals surface area contributed by atoms with E-state index >= 15 is 0 Å². The molecule has 2 nitrogen and oxygen atoms in total. The Morgan fingerprint density at radius 2 is 1.88 bits per heavy atom. The van der Waals surface area contributed by atoms with Crippen molar-refractivity contribution in [1.29, 1.82) is 0 Å². The van der Waals surface area contributed by atoms with Crippen molar-refractivity contribution < 1.29 is 22.7 Å². The molecule has 0 amide bonds. The summed E-state index contributed by atoms with van der Waals surface area (Å²) in [6.45, 7) is 1.57. The minimum absolute atomic E-state index is 0.0370. The highest BCUT2D eigenvalue weighted by Gasteiger charge is 2.35. The Kier molecular flexibility index (Phi) is 4.31. The molecule has 0 atom stereocenters. The summed E-state index contributed by atoms with van der Waals surface area (Å²) < 4.78 is 42.7. The predicted molar refractivity (Wildman–Crippen MR) is 57.1 cm³/mol. The fourth-order valence-corrected chi connectivity index (χ4v) is 1.25. The van der Waals surface area contributed by atoms with E-state index in [1.54, 1.807) is 6.07 Å². The van der Waals surface area contributed by atoms with Gasteiger partial charge in [-0.15, -0.1) is 0 Å². The average Bonchev–Trinajstić information content (AvgIpc) is 2.26. The van der Waals surface area contributed by atoms with Gasteiger partial charge in [0.2, 0.25) is 0 Å². The van der Waals surface area contributed by atoms with Crippen molar-refractivity contribution >= 4 is 11.5 Å². The first kappa shape index (κ1) is 13.3. The van der Waals surface area contributed by atoms with Gasteiger partial charge in [-0.05, 0) is 12.5 Å². The number of carbonyl (C=O) groups excluding carboxylic acids is 1. The van der Waals surface area contributed by atoms with Crippen LogP contribution in [0.1, 0.15) is 12.5 Å². The van der Waals surface area contributed by atoms with Crippen molar-refractivity contribution in [3.05, 3.63) is 42.0 Å². The second kappa shape index (κ2) is 5.52. The molecule has 0 fully saturated rings. The summed E-state index contributed by atoms with van der Waals surface area (Å²) in [6, 6.07) is 7.12. The van der Waals surface area contributed by atoms with Gasteiger partial charge in [0.25, 0.3) is 0 Å². The first-order valence-electron chi connectivity index (χ1n) is 4.96. The zero-order valence-electron chi connectivity index (χ0n) is 9.12. The van der Waals surface area contributed by atoms with E-state index in [0.29, 0.717) is 6.08 Å². The lowest BCUT2D eigenvalue weighted by Crippen LogP contribution is -2.13. The van der Waals surface area contributed by atoms with Crippen molar-refractivity contribution in [3.8, 4) is 0 Å². The van der Waals surface area contributed by atoms with E-state index in [0.717, 1.165) is 0 Å². The molecule has 17 heavy (non-hydrogen) atoms. The summed E-state index contributed by atoms with van der Waals surface area (Å²) in [6.07, 6.45) is -4.12. The van der Waals surface area contributed by atoms with Crippen LogP contribution in [0, 0.1) is 0 Å². The summed E-state index contributed by atoms with van der Waals surface area (Å²) in [5.74, 6) is -0.997. The number of hydrogen-bond donors (Lipinski definition) is 0. The first-order chi connectivity index (χ1) is 7.95. The maximum atomic E-state index is 12.7. The van der Waals surface area contributed by atoms with E-state index < -0.39 is 17.7 Å². The predicted octanol–water partition coefficient (Wildman–Crippen LogP) is 3.20. The largest absolute Gasteiger partial charge is 0.463 e. The molecular formula is C12H11F3O2. The number of hydrogen-bond acceptors (Lipinski definition) is 2. The van der Waals surface area contributed by atoms with Crippen molar-refractivity contribution in [1.82, 2.24) is 0 Å². The maximum absolute atomic E-state index is 12.7. The monoisotopic (exact) mass is 244 g/mol. The number of carbonyl (C=O) groups is 1. The van der Waals surface area contributed by atoms with Crippen LogP contribution >= 0.6 is 0 Å². The van der Waals surface area contributed by atoms with Crippen molar-refractivity contribution in [3.63, 3.8) is 0 Å². The normalized spacial score (nSPS) is 12.4. The lowest BCUT2D eigenvalue weighted by molar-refractivity contribution is -0.137. The highest BCUT2D eigenvalue weighted by molar-refractivity contribution is 5.92. The molecule has 0 spiro atoms. The third-order valence-corrected chi connectivity index (χ3v) is 1.94. The Balaban J connectivity index is 3.10. The number of alkyl halides is 3. The van der Waals surface area contributed by atoms with Gasteiger partial charge in [-0.2, -0.15) is 13.2 Å². The Hall–Kier alpha value is -1.78. The number of halogens is 3. The van der Waals surface area contributed by atoms with Crippen molar-refractivity contribution in [2.24, 2.45) is 0 Å². The quantitative estimate of drug-likeness (QED) is 0.603. The molecule has 0 saturated carbocycles. The lowest BCUT2D eigenvalue weighted by atomic mass is 10.1. The Morgan fingerprint density at radius 3 is 2.35 bits per heavy atom. The Bertz CT molecular complexity index is 408. The summed E-state index contributed by atoms with van der Waals surface area (Å²) in [7, 11) is 0. The van der Waals surface area contributed by atoms with Crippen molar-refractivity contribution in [2.75, 3.05) is 6.61 Å². The third-order valence-electron chi connectivity index (χ3n) is 1.94. The SMILES string of the molecule is CCOC(=O)/C=C(\c1ccccc1)C(F)(F)F. The maximum Gasteiger partial charge on any atom is 0.417 e. The van der Waals surface area contributed by atoms with Crippen LogP contribution in [0.5, 0.6) is 0 Å². The van der Waals surface area contributed by atoms with Gasteiger partial charge in [0.05, 0.1) is 12.2 Å². The van der Waals surface area contributed by atoms with Gasteiger partial charge >= 0.3 is 12.1 Å². The molecule has 0 aliphatic rings. The number of esters is 1. The third kappa shape index (κ3) is 3.94. The highest BCUT2D eigenvalue weighted by Crippen LogP contribution is 2.33. The van der Waals surface area contributed by atoms with Gasteiger partial charge < -0.3 is 4.74 Å². The fraction of sp³-hybridized carbons (Fsp3) is 0.250. The van der Waals surface area contributed by atoms with Crippen LogP contribution in [0.2, 0.25) is 0 Å². The molecule has 1 aromatic rings. The molecule has 5 heteroatoms. The van der Waals surface area contributed by atoms with Crippen LogP contribution in [-0.2, 0) is 9.53 Å². The van der Waals surface area contributed by atoms with Gasteiger partial charge in [0.15, 0.2) is 0 Å². The van der Waals surface area contributed by atoms with Gasteiger partial charge in [-0.25, -0.2) is 4.79 Å². The Morgan fingerprint density at radius 1 is 1.29 bits per heavy atom. The van der Waals surface area contributed by atoms with Gasteiger partial charge in [0.1, 0.15) is 0 Å². The molecule has 0 aliphatic carbocycles. The number of allylic oxidation sites excluding steroid dienone is 1. The molecule has 0 unspecified atom stereocenters. The van der Waals surface area contributed by atoms with Crippen LogP contribution in [0.4, 0.5) is 13.2 Å². The number of rotatable bonds is 3. The molecular weight excluding hydrogens is 233 g/mol. The number of benzene rings is 1. The Labute approximate surface area is 96.7 Å². The summed E-state index contributed by atoms with van der Waals surface area (Å²) in [5.41, 5.74) is -1.07.